The summed E-state index contributed by atoms with van der Waals surface area (Å²) in [6.07, 6.45) is 3.34. The molecule has 2 nitrogen and oxygen atoms in total. The Hall–Kier alpha value is -1.28. The van der Waals surface area contributed by atoms with Gasteiger partial charge in [0, 0.05) is 6.54 Å². The molecule has 0 radical (unpaired) electrons. The first-order chi connectivity index (χ1) is 8.65. The minimum absolute atomic E-state index is 0.698. The summed E-state index contributed by atoms with van der Waals surface area (Å²) in [5.41, 5.74) is 2.67. The Morgan fingerprint density at radius 2 is 1.94 bits per heavy atom. The Bertz CT molecular complexity index is 365. The second-order valence-electron chi connectivity index (χ2n) is 4.95. The highest BCUT2D eigenvalue weighted by Crippen LogP contribution is 2.14. The minimum Gasteiger partial charge on any atom is -0.497 e. The third kappa shape index (κ3) is 5.37. The molecule has 0 heterocycles. The van der Waals surface area contributed by atoms with Crippen LogP contribution in [0.4, 0.5) is 0 Å². The Morgan fingerprint density at radius 3 is 2.44 bits per heavy atom. The van der Waals surface area contributed by atoms with Crippen molar-refractivity contribution < 1.29 is 4.74 Å². The van der Waals surface area contributed by atoms with Crippen molar-refractivity contribution in [2.75, 3.05) is 20.2 Å². The topological polar surface area (TPSA) is 21.3 Å². The summed E-state index contributed by atoms with van der Waals surface area (Å²) < 4.78 is 5.16. The lowest BCUT2D eigenvalue weighted by atomic mass is 10.1. The zero-order chi connectivity index (χ0) is 13.4. The van der Waals surface area contributed by atoms with Gasteiger partial charge < -0.3 is 10.1 Å². The molecule has 0 saturated carbocycles. The molecule has 18 heavy (non-hydrogen) atoms. The normalized spacial score (nSPS) is 11.9. The lowest BCUT2D eigenvalue weighted by molar-refractivity contribution is 0.415. The molecule has 0 aromatic heterocycles. The molecular formula is C16H25NO. The Morgan fingerprint density at radius 1 is 1.28 bits per heavy atom. The molecule has 0 spiro atoms. The molecular weight excluding hydrogens is 222 g/mol. The smallest absolute Gasteiger partial charge is 0.118 e. The Balaban J connectivity index is 2.59. The van der Waals surface area contributed by atoms with Gasteiger partial charge in [-0.3, -0.25) is 0 Å². The van der Waals surface area contributed by atoms with Crippen LogP contribution in [-0.4, -0.2) is 20.2 Å². The fourth-order valence-corrected chi connectivity index (χ4v) is 1.74. The standard InChI is InChI=1S/C16H25NO/c1-5-14(12-17-11-13(2)3)10-15-6-8-16(18-4)9-7-15/h6-10,13,17H,5,11-12H2,1-4H3. The zero-order valence-electron chi connectivity index (χ0n) is 12.0. The third-order valence-electron chi connectivity index (χ3n) is 2.85. The summed E-state index contributed by atoms with van der Waals surface area (Å²) in [5, 5.41) is 3.49. The van der Waals surface area contributed by atoms with Gasteiger partial charge in [-0.15, -0.1) is 0 Å². The highest BCUT2D eigenvalue weighted by atomic mass is 16.5. The zero-order valence-corrected chi connectivity index (χ0v) is 12.0. The molecule has 1 aromatic rings. The maximum atomic E-state index is 5.16. The van der Waals surface area contributed by atoms with Gasteiger partial charge in [0.25, 0.3) is 0 Å². The highest BCUT2D eigenvalue weighted by Gasteiger charge is 1.98. The molecule has 100 valence electrons. The van der Waals surface area contributed by atoms with Crippen molar-refractivity contribution in [3.8, 4) is 5.75 Å². The van der Waals surface area contributed by atoms with Crippen LogP contribution < -0.4 is 10.1 Å². The molecule has 0 atom stereocenters. The first-order valence-electron chi connectivity index (χ1n) is 6.70. The van der Waals surface area contributed by atoms with E-state index in [0.29, 0.717) is 5.92 Å². The average Bonchev–Trinajstić information content (AvgIpc) is 2.38. The summed E-state index contributed by atoms with van der Waals surface area (Å²) in [6, 6.07) is 8.19. The summed E-state index contributed by atoms with van der Waals surface area (Å²) >= 11 is 0. The molecule has 2 heteroatoms. The highest BCUT2D eigenvalue weighted by molar-refractivity contribution is 5.54. The molecule has 0 bridgehead atoms. The van der Waals surface area contributed by atoms with E-state index in [0.717, 1.165) is 25.3 Å². The van der Waals surface area contributed by atoms with Gasteiger partial charge in [-0.2, -0.15) is 0 Å². The van der Waals surface area contributed by atoms with Gasteiger partial charge >= 0.3 is 0 Å². The Labute approximate surface area is 111 Å². The van der Waals surface area contributed by atoms with Crippen LogP contribution in [0.15, 0.2) is 29.8 Å². The Kier molecular flexibility index (Phi) is 6.51. The first kappa shape index (κ1) is 14.8. The largest absolute Gasteiger partial charge is 0.497 e. The van der Waals surface area contributed by atoms with E-state index < -0.39 is 0 Å². The van der Waals surface area contributed by atoms with Gasteiger partial charge in [-0.25, -0.2) is 0 Å². The number of benzene rings is 1. The van der Waals surface area contributed by atoms with Crippen molar-refractivity contribution in [2.24, 2.45) is 5.92 Å². The number of methoxy groups -OCH3 is 1. The predicted molar refractivity (Wildman–Crippen MR) is 79.0 cm³/mol. The fourth-order valence-electron chi connectivity index (χ4n) is 1.74. The van der Waals surface area contributed by atoms with E-state index >= 15 is 0 Å². The summed E-state index contributed by atoms with van der Waals surface area (Å²) in [5.74, 6) is 1.60. The number of ether oxygens (including phenoxy) is 1. The molecule has 0 unspecified atom stereocenters. The van der Waals surface area contributed by atoms with Crippen LogP contribution in [0.1, 0.15) is 32.8 Å². The van der Waals surface area contributed by atoms with Crippen molar-refractivity contribution in [3.05, 3.63) is 35.4 Å². The molecule has 1 N–H and O–H groups in total. The number of hydrogen-bond donors (Lipinski definition) is 1. The number of nitrogens with one attached hydrogen (secondary N) is 1. The van der Waals surface area contributed by atoms with Gasteiger partial charge in [0.05, 0.1) is 7.11 Å². The van der Waals surface area contributed by atoms with E-state index in [-0.39, 0.29) is 0 Å². The van der Waals surface area contributed by atoms with Crippen LogP contribution in [0.25, 0.3) is 6.08 Å². The van der Waals surface area contributed by atoms with E-state index in [1.165, 1.54) is 11.1 Å². The van der Waals surface area contributed by atoms with Gasteiger partial charge in [0.1, 0.15) is 5.75 Å². The number of rotatable bonds is 7. The molecule has 0 aliphatic rings. The van der Waals surface area contributed by atoms with E-state index in [2.05, 4.69) is 44.3 Å². The first-order valence-corrected chi connectivity index (χ1v) is 6.70. The third-order valence-corrected chi connectivity index (χ3v) is 2.85. The van der Waals surface area contributed by atoms with Gasteiger partial charge in [0.15, 0.2) is 0 Å². The second-order valence-corrected chi connectivity index (χ2v) is 4.95. The maximum Gasteiger partial charge on any atom is 0.118 e. The van der Waals surface area contributed by atoms with Gasteiger partial charge in [-0.1, -0.05) is 44.6 Å². The van der Waals surface area contributed by atoms with Crippen molar-refractivity contribution >= 4 is 6.08 Å². The predicted octanol–water partition coefficient (Wildman–Crippen LogP) is 3.73. The monoisotopic (exact) mass is 247 g/mol. The van der Waals surface area contributed by atoms with E-state index in [4.69, 9.17) is 4.74 Å². The van der Waals surface area contributed by atoms with Crippen LogP contribution >= 0.6 is 0 Å². The quantitative estimate of drug-likeness (QED) is 0.792. The molecule has 1 aromatic carbocycles. The molecule has 0 aliphatic carbocycles. The van der Waals surface area contributed by atoms with Crippen LogP contribution in [0, 0.1) is 5.92 Å². The fraction of sp³-hybridized carbons (Fsp3) is 0.500. The van der Waals surface area contributed by atoms with Crippen LogP contribution in [0.3, 0.4) is 0 Å². The molecule has 0 fully saturated rings. The van der Waals surface area contributed by atoms with Crippen molar-refractivity contribution in [1.29, 1.82) is 0 Å². The summed E-state index contributed by atoms with van der Waals surface area (Å²) in [7, 11) is 1.69. The second kappa shape index (κ2) is 7.93. The number of hydrogen-bond acceptors (Lipinski definition) is 2. The van der Waals surface area contributed by atoms with Crippen molar-refractivity contribution in [1.82, 2.24) is 5.32 Å². The summed E-state index contributed by atoms with van der Waals surface area (Å²) in [6.45, 7) is 8.70. The lowest BCUT2D eigenvalue weighted by Crippen LogP contribution is -2.21. The molecule has 0 saturated heterocycles. The van der Waals surface area contributed by atoms with Crippen molar-refractivity contribution in [2.45, 2.75) is 27.2 Å². The van der Waals surface area contributed by atoms with E-state index in [9.17, 15) is 0 Å². The average molecular weight is 247 g/mol. The van der Waals surface area contributed by atoms with Crippen LogP contribution in [-0.2, 0) is 0 Å². The van der Waals surface area contributed by atoms with Crippen LogP contribution in [0.5, 0.6) is 5.75 Å². The molecule has 0 amide bonds. The molecule has 0 aliphatic heterocycles. The molecule has 1 rings (SSSR count). The summed E-state index contributed by atoms with van der Waals surface area (Å²) in [4.78, 5) is 0. The van der Waals surface area contributed by atoms with Crippen LogP contribution in [0.2, 0.25) is 0 Å². The van der Waals surface area contributed by atoms with E-state index in [1.807, 2.05) is 12.1 Å². The van der Waals surface area contributed by atoms with Gasteiger partial charge in [0.2, 0.25) is 0 Å². The van der Waals surface area contributed by atoms with E-state index in [1.54, 1.807) is 7.11 Å². The SMILES string of the molecule is CCC(=Cc1ccc(OC)cc1)CNCC(C)C. The maximum absolute atomic E-state index is 5.16. The minimum atomic E-state index is 0.698. The van der Waals surface area contributed by atoms with Crippen molar-refractivity contribution in [3.63, 3.8) is 0 Å². The van der Waals surface area contributed by atoms with Gasteiger partial charge in [-0.05, 0) is 36.6 Å². The lowest BCUT2D eigenvalue weighted by Gasteiger charge is -2.09.